The average Bonchev–Trinajstić information content (AvgIpc) is 2.80. The average molecular weight is 232 g/mol. The zero-order valence-electron chi connectivity index (χ0n) is 10.0. The minimum Gasteiger partial charge on any atom is -0.488 e. The molecule has 1 heterocycles. The Hall–Kier alpha value is -1.81. The van der Waals surface area contributed by atoms with Gasteiger partial charge >= 0.3 is 0 Å². The molecule has 1 atom stereocenters. The number of rotatable bonds is 4. The lowest BCUT2D eigenvalue weighted by Gasteiger charge is -2.14. The Morgan fingerprint density at radius 3 is 2.94 bits per heavy atom. The van der Waals surface area contributed by atoms with E-state index in [1.54, 1.807) is 12.5 Å². The first-order valence-corrected chi connectivity index (χ1v) is 5.54. The van der Waals surface area contributed by atoms with E-state index in [0.29, 0.717) is 6.61 Å². The molecule has 4 nitrogen and oxygen atoms in total. The van der Waals surface area contributed by atoms with E-state index in [1.807, 2.05) is 32.0 Å². The van der Waals surface area contributed by atoms with Crippen LogP contribution < -0.4 is 10.5 Å². The topological polar surface area (TPSA) is 61.3 Å². The first kappa shape index (κ1) is 11.7. The highest BCUT2D eigenvalue weighted by Crippen LogP contribution is 2.25. The third-order valence-corrected chi connectivity index (χ3v) is 2.53. The molecule has 0 amide bonds. The van der Waals surface area contributed by atoms with Crippen LogP contribution in [-0.2, 0) is 6.61 Å². The smallest absolute Gasteiger partial charge is 0.130 e. The van der Waals surface area contributed by atoms with Crippen molar-refractivity contribution in [3.63, 3.8) is 0 Å². The molecule has 0 aliphatic rings. The monoisotopic (exact) mass is 232 g/mol. The van der Waals surface area contributed by atoms with Crippen molar-refractivity contribution in [3.8, 4) is 5.75 Å². The lowest BCUT2D eigenvalue weighted by atomic mass is 10.1. The number of ether oxygens (including phenoxy) is 1. The van der Waals surface area contributed by atoms with Gasteiger partial charge in [-0.15, -0.1) is 0 Å². The van der Waals surface area contributed by atoms with Crippen molar-refractivity contribution in [3.05, 3.63) is 47.3 Å². The van der Waals surface area contributed by atoms with E-state index in [9.17, 15) is 0 Å². The number of hydrogen-bond acceptors (Lipinski definition) is 4. The van der Waals surface area contributed by atoms with Crippen LogP contribution in [0.4, 0.5) is 0 Å². The van der Waals surface area contributed by atoms with E-state index in [4.69, 9.17) is 15.0 Å². The molecule has 0 spiro atoms. The van der Waals surface area contributed by atoms with Gasteiger partial charge in [0.15, 0.2) is 0 Å². The summed E-state index contributed by atoms with van der Waals surface area (Å²) in [6.45, 7) is 4.42. The van der Waals surface area contributed by atoms with Gasteiger partial charge in [0.25, 0.3) is 0 Å². The molecular weight excluding hydrogens is 216 g/mol. The second-order valence-electron chi connectivity index (χ2n) is 4.15. The highest BCUT2D eigenvalue weighted by atomic mass is 16.5. The molecule has 2 rings (SSSR count). The Kier molecular flexibility index (Phi) is 3.44. The summed E-state index contributed by atoms with van der Waals surface area (Å²) in [5.41, 5.74) is 9.02. The molecule has 1 aromatic carbocycles. The summed E-state index contributed by atoms with van der Waals surface area (Å²) < 4.78 is 10.5. The molecular formula is C13H16N2O2. The summed E-state index contributed by atoms with van der Waals surface area (Å²) in [5, 5.41) is 3.63. The SMILES string of the molecule is Cc1ccc(OCc2cnoc2)c(C(C)N)c1. The maximum atomic E-state index is 5.92. The molecule has 17 heavy (non-hydrogen) atoms. The van der Waals surface area contributed by atoms with Crippen molar-refractivity contribution in [2.45, 2.75) is 26.5 Å². The lowest BCUT2D eigenvalue weighted by molar-refractivity contribution is 0.299. The molecule has 2 aromatic rings. The fourth-order valence-corrected chi connectivity index (χ4v) is 1.61. The minimum absolute atomic E-state index is 0.0487. The van der Waals surface area contributed by atoms with Crippen molar-refractivity contribution in [2.24, 2.45) is 5.73 Å². The van der Waals surface area contributed by atoms with Gasteiger partial charge in [-0.3, -0.25) is 0 Å². The van der Waals surface area contributed by atoms with Crippen LogP contribution in [0.15, 0.2) is 35.2 Å². The molecule has 0 fully saturated rings. The second kappa shape index (κ2) is 5.01. The lowest BCUT2D eigenvalue weighted by Crippen LogP contribution is -2.08. The quantitative estimate of drug-likeness (QED) is 0.880. The summed E-state index contributed by atoms with van der Waals surface area (Å²) in [6.07, 6.45) is 3.21. The van der Waals surface area contributed by atoms with Gasteiger partial charge in [-0.25, -0.2) is 0 Å². The standard InChI is InChI=1S/C13H16N2O2/c1-9-3-4-13(12(5-9)10(2)14)16-7-11-6-15-17-8-11/h3-6,8,10H,7,14H2,1-2H3. The van der Waals surface area contributed by atoms with Crippen molar-refractivity contribution in [1.82, 2.24) is 5.16 Å². The van der Waals surface area contributed by atoms with Gasteiger partial charge in [0.1, 0.15) is 18.6 Å². The summed E-state index contributed by atoms with van der Waals surface area (Å²) in [6, 6.07) is 5.96. The molecule has 0 aliphatic carbocycles. The number of aromatic nitrogens is 1. The van der Waals surface area contributed by atoms with Gasteiger partial charge in [0.05, 0.1) is 6.20 Å². The van der Waals surface area contributed by atoms with Gasteiger partial charge in [0, 0.05) is 17.2 Å². The van der Waals surface area contributed by atoms with Crippen molar-refractivity contribution < 1.29 is 9.26 Å². The Balaban J connectivity index is 2.14. The van der Waals surface area contributed by atoms with E-state index in [2.05, 4.69) is 5.16 Å². The summed E-state index contributed by atoms with van der Waals surface area (Å²) >= 11 is 0. The maximum absolute atomic E-state index is 5.92. The molecule has 2 N–H and O–H groups in total. The van der Waals surface area contributed by atoms with E-state index >= 15 is 0 Å². The molecule has 4 heteroatoms. The van der Waals surface area contributed by atoms with Crippen molar-refractivity contribution in [2.75, 3.05) is 0 Å². The number of benzene rings is 1. The van der Waals surface area contributed by atoms with Crippen LogP contribution in [0, 0.1) is 6.92 Å². The Labute approximate surface area is 100 Å². The Morgan fingerprint density at radius 1 is 1.47 bits per heavy atom. The number of hydrogen-bond donors (Lipinski definition) is 1. The largest absolute Gasteiger partial charge is 0.488 e. The molecule has 0 radical (unpaired) electrons. The highest BCUT2D eigenvalue weighted by Gasteiger charge is 2.09. The van der Waals surface area contributed by atoms with Gasteiger partial charge in [0.2, 0.25) is 0 Å². The van der Waals surface area contributed by atoms with Gasteiger partial charge < -0.3 is 15.0 Å². The fourth-order valence-electron chi connectivity index (χ4n) is 1.61. The van der Waals surface area contributed by atoms with Crippen LogP contribution in [0.2, 0.25) is 0 Å². The number of aryl methyl sites for hydroxylation is 1. The van der Waals surface area contributed by atoms with Crippen molar-refractivity contribution >= 4 is 0 Å². The van der Waals surface area contributed by atoms with Crippen molar-refractivity contribution in [1.29, 1.82) is 0 Å². The van der Waals surface area contributed by atoms with Crippen LogP contribution in [0.25, 0.3) is 0 Å². The first-order chi connectivity index (χ1) is 8.16. The highest BCUT2D eigenvalue weighted by molar-refractivity contribution is 5.38. The molecule has 90 valence electrons. The predicted molar refractivity (Wildman–Crippen MR) is 64.6 cm³/mol. The van der Waals surface area contributed by atoms with E-state index in [0.717, 1.165) is 16.9 Å². The van der Waals surface area contributed by atoms with Crippen LogP contribution in [-0.4, -0.2) is 5.16 Å². The van der Waals surface area contributed by atoms with Crippen LogP contribution in [0.1, 0.15) is 29.7 Å². The van der Waals surface area contributed by atoms with E-state index in [1.165, 1.54) is 5.56 Å². The van der Waals surface area contributed by atoms with Crippen LogP contribution in [0.5, 0.6) is 5.75 Å². The van der Waals surface area contributed by atoms with Gasteiger partial charge in [-0.1, -0.05) is 22.9 Å². The third kappa shape index (κ3) is 2.85. The van der Waals surface area contributed by atoms with Gasteiger partial charge in [-0.05, 0) is 19.9 Å². The molecule has 1 unspecified atom stereocenters. The zero-order chi connectivity index (χ0) is 12.3. The Morgan fingerprint density at radius 2 is 2.29 bits per heavy atom. The summed E-state index contributed by atoms with van der Waals surface area (Å²) in [7, 11) is 0. The van der Waals surface area contributed by atoms with Crippen LogP contribution in [0.3, 0.4) is 0 Å². The zero-order valence-corrected chi connectivity index (χ0v) is 10.0. The number of nitrogens with zero attached hydrogens (tertiary/aromatic N) is 1. The second-order valence-corrected chi connectivity index (χ2v) is 4.15. The fraction of sp³-hybridized carbons (Fsp3) is 0.308. The minimum atomic E-state index is -0.0487. The van der Waals surface area contributed by atoms with E-state index in [-0.39, 0.29) is 6.04 Å². The molecule has 1 aromatic heterocycles. The normalized spacial score (nSPS) is 12.4. The molecule has 0 saturated heterocycles. The summed E-state index contributed by atoms with van der Waals surface area (Å²) in [4.78, 5) is 0. The van der Waals surface area contributed by atoms with Crippen LogP contribution >= 0.6 is 0 Å². The molecule has 0 aliphatic heterocycles. The predicted octanol–water partition coefficient (Wildman–Crippen LogP) is 2.58. The number of nitrogens with two attached hydrogens (primary N) is 1. The molecule has 0 bridgehead atoms. The summed E-state index contributed by atoms with van der Waals surface area (Å²) in [5.74, 6) is 0.812. The Bertz CT molecular complexity index is 478. The molecule has 0 saturated carbocycles. The first-order valence-electron chi connectivity index (χ1n) is 5.54. The maximum Gasteiger partial charge on any atom is 0.130 e. The third-order valence-electron chi connectivity index (χ3n) is 2.53. The van der Waals surface area contributed by atoms with E-state index < -0.39 is 0 Å². The van der Waals surface area contributed by atoms with Gasteiger partial charge in [-0.2, -0.15) is 0 Å².